The number of nitrogens with zero attached hydrogens (tertiary/aromatic N) is 1. The number of hydrogen-bond donors (Lipinski definition) is 0. The number of rotatable bonds is 9. The van der Waals surface area contributed by atoms with Gasteiger partial charge in [0, 0.05) is 17.5 Å². The highest BCUT2D eigenvalue weighted by atomic mass is 19.3. The average Bonchev–Trinajstić information content (AvgIpc) is 3.29. The van der Waals surface area contributed by atoms with Crippen molar-refractivity contribution in [2.45, 2.75) is 93.9 Å². The van der Waals surface area contributed by atoms with Gasteiger partial charge >= 0.3 is 0 Å². The van der Waals surface area contributed by atoms with Crippen molar-refractivity contribution in [3.63, 3.8) is 0 Å². The van der Waals surface area contributed by atoms with Gasteiger partial charge in [0.1, 0.15) is 11.6 Å². The van der Waals surface area contributed by atoms with Gasteiger partial charge in [0.25, 0.3) is 6.43 Å². The van der Waals surface area contributed by atoms with Crippen molar-refractivity contribution in [1.82, 2.24) is 4.98 Å². The molecular formula is C34H46F3NO. The molecule has 2 aromatic carbocycles. The van der Waals surface area contributed by atoms with Crippen LogP contribution in [0.2, 0.25) is 0 Å². The van der Waals surface area contributed by atoms with E-state index in [0.717, 1.165) is 36.6 Å². The predicted octanol–water partition coefficient (Wildman–Crippen LogP) is 10.1. The first-order valence-electron chi connectivity index (χ1n) is 14.5. The SMILES string of the molecule is CC.CC.Cc1cc(OCCC(C)C)ccc1-c1cc(CCc2cc3c(cn2)CC(C)C3)c(F)cc1C(F)F. The molecule has 3 aromatic rings. The van der Waals surface area contributed by atoms with Crippen molar-refractivity contribution in [1.29, 1.82) is 0 Å². The largest absolute Gasteiger partial charge is 0.494 e. The summed E-state index contributed by atoms with van der Waals surface area (Å²) in [5.74, 6) is 1.28. The monoisotopic (exact) mass is 541 g/mol. The molecule has 0 saturated carbocycles. The minimum absolute atomic E-state index is 0.285. The van der Waals surface area contributed by atoms with E-state index in [1.54, 1.807) is 18.2 Å². The third-order valence-corrected chi connectivity index (χ3v) is 6.83. The number of hydrogen-bond acceptors (Lipinski definition) is 2. The van der Waals surface area contributed by atoms with Gasteiger partial charge in [0.15, 0.2) is 0 Å². The Hall–Kier alpha value is -2.82. The first kappa shape index (κ1) is 32.4. The molecule has 1 atom stereocenters. The van der Waals surface area contributed by atoms with Crippen LogP contribution in [-0.4, -0.2) is 11.6 Å². The summed E-state index contributed by atoms with van der Waals surface area (Å²) >= 11 is 0. The smallest absolute Gasteiger partial charge is 0.264 e. The molecule has 2 nitrogen and oxygen atoms in total. The van der Waals surface area contributed by atoms with E-state index in [2.05, 4.69) is 31.8 Å². The molecular weight excluding hydrogens is 495 g/mol. The van der Waals surface area contributed by atoms with Gasteiger partial charge in [-0.15, -0.1) is 0 Å². The number of ether oxygens (including phenoxy) is 1. The van der Waals surface area contributed by atoms with Crippen LogP contribution in [0.4, 0.5) is 13.2 Å². The molecule has 1 aliphatic carbocycles. The Morgan fingerprint density at radius 2 is 1.62 bits per heavy atom. The lowest BCUT2D eigenvalue weighted by Gasteiger charge is -2.16. The lowest BCUT2D eigenvalue weighted by molar-refractivity contribution is 0.151. The van der Waals surface area contributed by atoms with Gasteiger partial charge in [0.05, 0.1) is 6.61 Å². The van der Waals surface area contributed by atoms with Crippen molar-refractivity contribution < 1.29 is 17.9 Å². The van der Waals surface area contributed by atoms with E-state index < -0.39 is 12.2 Å². The van der Waals surface area contributed by atoms with Crippen molar-refractivity contribution in [2.75, 3.05) is 6.61 Å². The number of aromatic nitrogens is 1. The minimum Gasteiger partial charge on any atom is -0.494 e. The maximum absolute atomic E-state index is 14.9. The topological polar surface area (TPSA) is 22.1 Å². The summed E-state index contributed by atoms with van der Waals surface area (Å²) in [7, 11) is 0. The summed E-state index contributed by atoms with van der Waals surface area (Å²) in [5.41, 5.74) is 5.54. The molecule has 0 fully saturated rings. The number of pyridine rings is 1. The van der Waals surface area contributed by atoms with Gasteiger partial charge in [-0.05, 0) is 115 Å². The van der Waals surface area contributed by atoms with Crippen molar-refractivity contribution in [3.05, 3.63) is 81.9 Å². The molecule has 0 N–H and O–H groups in total. The van der Waals surface area contributed by atoms with Crippen LogP contribution in [0, 0.1) is 24.6 Å². The maximum Gasteiger partial charge on any atom is 0.264 e. The van der Waals surface area contributed by atoms with Gasteiger partial charge in [-0.25, -0.2) is 13.2 Å². The molecule has 1 unspecified atom stereocenters. The fraction of sp³-hybridized carbons (Fsp3) is 0.500. The standard InChI is InChI=1S/C30H34F3NO.2C2H6/c1-18(2)9-10-35-25-7-8-26(20(4)13-25)27-15-21(29(31)16-28(27)30(32)33)5-6-24-14-22-11-19(3)12-23(22)17-34-24;2*1-2/h7-8,13-19,30H,5-6,9-12H2,1-4H3;2*1-2H3. The highest BCUT2D eigenvalue weighted by Crippen LogP contribution is 2.36. The van der Waals surface area contributed by atoms with Gasteiger partial charge in [-0.1, -0.05) is 54.5 Å². The van der Waals surface area contributed by atoms with Crippen LogP contribution in [0.5, 0.6) is 5.75 Å². The minimum atomic E-state index is -2.77. The van der Waals surface area contributed by atoms with E-state index in [0.29, 0.717) is 53.7 Å². The summed E-state index contributed by atoms with van der Waals surface area (Å²) in [5, 5.41) is 0. The fourth-order valence-corrected chi connectivity index (χ4v) is 4.85. The van der Waals surface area contributed by atoms with Gasteiger partial charge < -0.3 is 4.74 Å². The summed E-state index contributed by atoms with van der Waals surface area (Å²) in [4.78, 5) is 4.56. The summed E-state index contributed by atoms with van der Waals surface area (Å²) < 4.78 is 48.5. The predicted molar refractivity (Wildman–Crippen MR) is 157 cm³/mol. The first-order valence-corrected chi connectivity index (χ1v) is 14.5. The van der Waals surface area contributed by atoms with E-state index in [9.17, 15) is 13.2 Å². The molecule has 0 radical (unpaired) electrons. The summed E-state index contributed by atoms with van der Waals surface area (Å²) in [6.45, 7) is 17.0. The number of halogens is 3. The Morgan fingerprint density at radius 3 is 2.26 bits per heavy atom. The van der Waals surface area contributed by atoms with Crippen LogP contribution in [-0.2, 0) is 25.7 Å². The number of fused-ring (bicyclic) bond motifs is 1. The Bertz CT molecular complexity index is 1190. The number of benzene rings is 2. The molecule has 4 rings (SSSR count). The Labute approximate surface area is 234 Å². The van der Waals surface area contributed by atoms with E-state index in [1.807, 2.05) is 46.9 Å². The highest BCUT2D eigenvalue weighted by molar-refractivity contribution is 5.72. The molecule has 5 heteroatoms. The molecule has 1 aliphatic rings. The second-order valence-electron chi connectivity index (χ2n) is 10.3. The van der Waals surface area contributed by atoms with Crippen LogP contribution in [0.15, 0.2) is 42.6 Å². The van der Waals surface area contributed by atoms with Gasteiger partial charge in [0.2, 0.25) is 0 Å². The average molecular weight is 542 g/mol. The lowest BCUT2D eigenvalue weighted by Crippen LogP contribution is -2.03. The maximum atomic E-state index is 14.9. The second-order valence-corrected chi connectivity index (χ2v) is 10.3. The van der Waals surface area contributed by atoms with Crippen LogP contribution in [0.3, 0.4) is 0 Å². The van der Waals surface area contributed by atoms with Crippen LogP contribution in [0.1, 0.15) is 94.8 Å². The third-order valence-electron chi connectivity index (χ3n) is 6.83. The molecule has 1 heterocycles. The van der Waals surface area contributed by atoms with Crippen LogP contribution in [0.25, 0.3) is 11.1 Å². The molecule has 1 aromatic heterocycles. The van der Waals surface area contributed by atoms with Crippen LogP contribution < -0.4 is 4.74 Å². The molecule has 0 amide bonds. The number of alkyl halides is 2. The fourth-order valence-electron chi connectivity index (χ4n) is 4.85. The van der Waals surface area contributed by atoms with Gasteiger partial charge in [-0.2, -0.15) is 0 Å². The van der Waals surface area contributed by atoms with E-state index in [1.165, 1.54) is 11.1 Å². The van der Waals surface area contributed by atoms with Crippen LogP contribution >= 0.6 is 0 Å². The normalized spacial score (nSPS) is 13.9. The van der Waals surface area contributed by atoms with E-state index in [-0.39, 0.29) is 5.56 Å². The van der Waals surface area contributed by atoms with Crippen molar-refractivity contribution in [2.24, 2.45) is 11.8 Å². The summed E-state index contributed by atoms with van der Waals surface area (Å²) in [6, 6.07) is 10.2. The first-order chi connectivity index (χ1) is 18.7. The van der Waals surface area contributed by atoms with Crippen molar-refractivity contribution in [3.8, 4) is 16.9 Å². The molecule has 0 aliphatic heterocycles. The van der Waals surface area contributed by atoms with E-state index in [4.69, 9.17) is 4.74 Å². The zero-order chi connectivity index (χ0) is 29.1. The summed E-state index contributed by atoms with van der Waals surface area (Å²) in [6.07, 6.45) is 3.17. The molecule has 0 spiro atoms. The van der Waals surface area contributed by atoms with E-state index >= 15 is 0 Å². The lowest BCUT2D eigenvalue weighted by atomic mass is 9.92. The van der Waals surface area contributed by atoms with Crippen molar-refractivity contribution >= 4 is 0 Å². The molecule has 0 saturated heterocycles. The Balaban J connectivity index is 0.00000127. The molecule has 0 bridgehead atoms. The molecule has 214 valence electrons. The Kier molecular flexibility index (Phi) is 13.0. The quantitative estimate of drug-likeness (QED) is 0.269. The zero-order valence-corrected chi connectivity index (χ0v) is 25.0. The van der Waals surface area contributed by atoms with Gasteiger partial charge in [-0.3, -0.25) is 4.98 Å². The number of aryl methyl sites for hydroxylation is 3. The third kappa shape index (κ3) is 8.84. The molecule has 39 heavy (non-hydrogen) atoms. The Morgan fingerprint density at radius 1 is 0.923 bits per heavy atom. The second kappa shape index (κ2) is 15.7. The highest BCUT2D eigenvalue weighted by Gasteiger charge is 2.21. The zero-order valence-electron chi connectivity index (χ0n) is 25.0.